The van der Waals surface area contributed by atoms with E-state index in [0.29, 0.717) is 43.4 Å². The molecule has 1 fully saturated rings. The monoisotopic (exact) mass is 370 g/mol. The number of amides is 2. The van der Waals surface area contributed by atoms with Crippen molar-refractivity contribution >= 4 is 12.3 Å². The molecule has 4 rings (SSSR count). The smallest absolute Gasteiger partial charge is 0.267 e. The highest BCUT2D eigenvalue weighted by molar-refractivity contribution is 5.76. The number of fused-ring (bicyclic) bond motifs is 1. The van der Waals surface area contributed by atoms with Gasteiger partial charge in [-0.1, -0.05) is 0 Å². The van der Waals surface area contributed by atoms with Crippen LogP contribution in [-0.4, -0.2) is 64.9 Å². The van der Waals surface area contributed by atoms with Crippen molar-refractivity contribution in [2.75, 3.05) is 33.0 Å². The van der Waals surface area contributed by atoms with Crippen molar-refractivity contribution in [2.45, 2.75) is 6.54 Å². The van der Waals surface area contributed by atoms with E-state index in [9.17, 15) is 14.4 Å². The summed E-state index contributed by atoms with van der Waals surface area (Å²) in [6.45, 7) is 1.93. The fraction of sp³-hybridized carbons (Fsp3) is 0.333. The molecule has 140 valence electrons. The zero-order valence-electron chi connectivity index (χ0n) is 14.5. The molecule has 2 aliphatic heterocycles. The van der Waals surface area contributed by atoms with Gasteiger partial charge in [-0.3, -0.25) is 14.4 Å². The highest BCUT2D eigenvalue weighted by atomic mass is 16.7. The number of hydrogen-bond acceptors (Lipinski definition) is 6. The molecule has 3 heterocycles. The average Bonchev–Trinajstić information content (AvgIpc) is 3.17. The number of aromatic nitrogens is 2. The average molecular weight is 370 g/mol. The molecule has 0 spiro atoms. The predicted molar refractivity (Wildman–Crippen MR) is 94.3 cm³/mol. The molecular formula is C18H18N4O5. The number of carbonyl (C=O) groups is 2. The summed E-state index contributed by atoms with van der Waals surface area (Å²) in [5.74, 6) is 1.09. The van der Waals surface area contributed by atoms with Gasteiger partial charge in [0.1, 0.15) is 6.54 Å². The minimum Gasteiger partial charge on any atom is -0.454 e. The van der Waals surface area contributed by atoms with Gasteiger partial charge in [0.25, 0.3) is 5.56 Å². The van der Waals surface area contributed by atoms with E-state index < -0.39 is 0 Å². The van der Waals surface area contributed by atoms with Crippen LogP contribution in [-0.2, 0) is 16.1 Å². The molecule has 0 aliphatic carbocycles. The maximum absolute atomic E-state index is 12.5. The standard InChI is InChI=1S/C18H18N4O5/c23-11-20-5-7-21(8-6-20)18(25)10-22-17(24)4-2-14(19-22)13-1-3-15-16(9-13)27-12-26-15/h1-4,9,11H,5-8,10,12H2. The summed E-state index contributed by atoms with van der Waals surface area (Å²) in [6.07, 6.45) is 0.780. The predicted octanol–water partition coefficient (Wildman–Crippen LogP) is -0.0604. The Morgan fingerprint density at radius 3 is 2.63 bits per heavy atom. The Kier molecular flexibility index (Phi) is 4.49. The molecule has 1 aromatic heterocycles. The highest BCUT2D eigenvalue weighted by Gasteiger charge is 2.21. The topological polar surface area (TPSA) is 94.0 Å². The van der Waals surface area contributed by atoms with Crippen LogP contribution >= 0.6 is 0 Å². The Labute approximate surface area is 154 Å². The van der Waals surface area contributed by atoms with Gasteiger partial charge in [0.15, 0.2) is 11.5 Å². The van der Waals surface area contributed by atoms with Crippen LogP contribution in [0.5, 0.6) is 11.5 Å². The van der Waals surface area contributed by atoms with Gasteiger partial charge < -0.3 is 19.3 Å². The quantitative estimate of drug-likeness (QED) is 0.700. The van der Waals surface area contributed by atoms with Crippen LogP contribution < -0.4 is 15.0 Å². The molecule has 2 amide bonds. The maximum atomic E-state index is 12.5. The number of ether oxygens (including phenoxy) is 2. The lowest BCUT2D eigenvalue weighted by atomic mass is 10.1. The third-order valence-electron chi connectivity index (χ3n) is 4.64. The Hall–Kier alpha value is -3.36. The van der Waals surface area contributed by atoms with Crippen LogP contribution in [0.1, 0.15) is 0 Å². The molecule has 9 nitrogen and oxygen atoms in total. The van der Waals surface area contributed by atoms with Gasteiger partial charge in [-0.05, 0) is 24.3 Å². The lowest BCUT2D eigenvalue weighted by Gasteiger charge is -2.32. The number of rotatable bonds is 4. The second-order valence-corrected chi connectivity index (χ2v) is 6.30. The first kappa shape index (κ1) is 17.1. The number of carbonyl (C=O) groups excluding carboxylic acids is 2. The fourth-order valence-electron chi connectivity index (χ4n) is 3.08. The van der Waals surface area contributed by atoms with Crippen LogP contribution in [0.4, 0.5) is 0 Å². The van der Waals surface area contributed by atoms with Crippen molar-refractivity contribution < 1.29 is 19.1 Å². The van der Waals surface area contributed by atoms with Crippen molar-refractivity contribution in [3.63, 3.8) is 0 Å². The molecule has 1 saturated heterocycles. The van der Waals surface area contributed by atoms with Gasteiger partial charge >= 0.3 is 0 Å². The summed E-state index contributed by atoms with van der Waals surface area (Å²) in [5.41, 5.74) is 0.978. The van der Waals surface area contributed by atoms with Crippen molar-refractivity contribution in [2.24, 2.45) is 0 Å². The number of nitrogens with zero attached hydrogens (tertiary/aromatic N) is 4. The van der Waals surface area contributed by atoms with Crippen LogP contribution in [0.3, 0.4) is 0 Å². The van der Waals surface area contributed by atoms with Crippen molar-refractivity contribution in [3.8, 4) is 22.8 Å². The van der Waals surface area contributed by atoms with E-state index in [2.05, 4.69) is 5.10 Å². The molecule has 1 aromatic carbocycles. The summed E-state index contributed by atoms with van der Waals surface area (Å²) >= 11 is 0. The maximum Gasteiger partial charge on any atom is 0.267 e. The van der Waals surface area contributed by atoms with Crippen molar-refractivity contribution in [1.29, 1.82) is 0 Å². The van der Waals surface area contributed by atoms with E-state index >= 15 is 0 Å². The van der Waals surface area contributed by atoms with Crippen LogP contribution in [0.15, 0.2) is 35.1 Å². The summed E-state index contributed by atoms with van der Waals surface area (Å²) in [5, 5.41) is 4.33. The Morgan fingerprint density at radius 2 is 1.85 bits per heavy atom. The largest absolute Gasteiger partial charge is 0.454 e. The molecule has 0 atom stereocenters. The lowest BCUT2D eigenvalue weighted by molar-refractivity contribution is -0.135. The number of piperazine rings is 1. The Bertz CT molecular complexity index is 934. The minimum atomic E-state index is -0.348. The summed E-state index contributed by atoms with van der Waals surface area (Å²) in [7, 11) is 0. The first-order chi connectivity index (χ1) is 13.1. The van der Waals surface area contributed by atoms with Gasteiger partial charge in [-0.25, -0.2) is 4.68 Å². The van der Waals surface area contributed by atoms with E-state index in [-0.39, 0.29) is 24.8 Å². The zero-order valence-corrected chi connectivity index (χ0v) is 14.5. The van der Waals surface area contributed by atoms with Gasteiger partial charge in [-0.2, -0.15) is 5.10 Å². The SMILES string of the molecule is O=CN1CCN(C(=O)Cn2nc(-c3ccc4c(c3)OCO4)ccc2=O)CC1. The first-order valence-electron chi connectivity index (χ1n) is 8.59. The molecule has 27 heavy (non-hydrogen) atoms. The number of hydrogen-bond donors (Lipinski definition) is 0. The first-order valence-corrected chi connectivity index (χ1v) is 8.59. The molecule has 2 aliphatic rings. The summed E-state index contributed by atoms with van der Waals surface area (Å²) in [4.78, 5) is 38.7. The van der Waals surface area contributed by atoms with E-state index in [1.165, 1.54) is 6.07 Å². The van der Waals surface area contributed by atoms with E-state index in [1.807, 2.05) is 6.07 Å². The van der Waals surface area contributed by atoms with Gasteiger partial charge in [0.05, 0.1) is 5.69 Å². The zero-order chi connectivity index (χ0) is 18.8. The van der Waals surface area contributed by atoms with E-state index in [4.69, 9.17) is 9.47 Å². The Morgan fingerprint density at radius 1 is 1.07 bits per heavy atom. The molecule has 0 N–H and O–H groups in total. The van der Waals surface area contributed by atoms with E-state index in [0.717, 1.165) is 16.7 Å². The fourth-order valence-corrected chi connectivity index (χ4v) is 3.08. The minimum absolute atomic E-state index is 0.141. The second kappa shape index (κ2) is 7.10. The molecule has 9 heteroatoms. The van der Waals surface area contributed by atoms with Gasteiger partial charge in [-0.15, -0.1) is 0 Å². The van der Waals surface area contributed by atoms with Crippen molar-refractivity contribution in [1.82, 2.24) is 19.6 Å². The third kappa shape index (κ3) is 3.48. The molecule has 2 aromatic rings. The van der Waals surface area contributed by atoms with E-state index in [1.54, 1.807) is 28.0 Å². The summed E-state index contributed by atoms with van der Waals surface area (Å²) in [6, 6.07) is 8.41. The van der Waals surface area contributed by atoms with Crippen LogP contribution in [0.25, 0.3) is 11.3 Å². The third-order valence-corrected chi connectivity index (χ3v) is 4.64. The molecule has 0 saturated carbocycles. The highest BCUT2D eigenvalue weighted by Crippen LogP contribution is 2.35. The molecular weight excluding hydrogens is 352 g/mol. The second-order valence-electron chi connectivity index (χ2n) is 6.30. The van der Waals surface area contributed by atoms with Crippen LogP contribution in [0.2, 0.25) is 0 Å². The number of benzene rings is 1. The summed E-state index contributed by atoms with van der Waals surface area (Å²) < 4.78 is 11.8. The van der Waals surface area contributed by atoms with Gasteiger partial charge in [0.2, 0.25) is 19.1 Å². The molecule has 0 radical (unpaired) electrons. The molecule has 0 bridgehead atoms. The Balaban J connectivity index is 1.52. The van der Waals surface area contributed by atoms with Gasteiger partial charge in [0, 0.05) is 37.8 Å². The molecule has 0 unspecified atom stereocenters. The van der Waals surface area contributed by atoms with Crippen molar-refractivity contribution in [3.05, 3.63) is 40.7 Å². The lowest BCUT2D eigenvalue weighted by Crippen LogP contribution is -2.49. The van der Waals surface area contributed by atoms with Crippen LogP contribution in [0, 0.1) is 0 Å². The normalized spacial score (nSPS) is 15.7.